The smallest absolute Gasteiger partial charge is 0.300 e. The van der Waals surface area contributed by atoms with E-state index in [0.717, 1.165) is 5.56 Å². The molecule has 1 aliphatic heterocycles. The summed E-state index contributed by atoms with van der Waals surface area (Å²) in [6.45, 7) is 6.49. The van der Waals surface area contributed by atoms with Crippen LogP contribution in [-0.4, -0.2) is 30.5 Å². The average molecular weight is 490 g/mol. The third kappa shape index (κ3) is 4.82. The molecule has 0 bridgehead atoms. The lowest BCUT2D eigenvalue weighted by Crippen LogP contribution is -2.29. The molecule has 1 aliphatic rings. The van der Waals surface area contributed by atoms with Gasteiger partial charge in [0.2, 0.25) is 0 Å². The summed E-state index contributed by atoms with van der Waals surface area (Å²) in [5, 5.41) is 11.3. The van der Waals surface area contributed by atoms with E-state index in [1.54, 1.807) is 42.5 Å². The van der Waals surface area contributed by atoms with Crippen molar-refractivity contribution >= 4 is 23.1 Å². The first-order valence-electron chi connectivity index (χ1n) is 11.7. The Kier molecular flexibility index (Phi) is 7.10. The van der Waals surface area contributed by atoms with Gasteiger partial charge >= 0.3 is 0 Å². The zero-order chi connectivity index (χ0) is 26.0. The number of nitrogens with zero attached hydrogens (tertiary/aromatic N) is 1. The number of ketones is 1. The minimum absolute atomic E-state index is 0.0790. The maximum absolute atomic E-state index is 13.7. The van der Waals surface area contributed by atoms with Crippen LogP contribution in [-0.2, 0) is 9.59 Å². The van der Waals surface area contributed by atoms with E-state index in [4.69, 9.17) is 9.47 Å². The van der Waals surface area contributed by atoms with E-state index in [9.17, 15) is 19.1 Å². The van der Waals surface area contributed by atoms with Crippen LogP contribution in [0.15, 0.2) is 72.3 Å². The van der Waals surface area contributed by atoms with Crippen molar-refractivity contribution in [3.8, 4) is 11.5 Å². The van der Waals surface area contributed by atoms with Crippen molar-refractivity contribution in [3.63, 3.8) is 0 Å². The fourth-order valence-electron chi connectivity index (χ4n) is 4.19. The van der Waals surface area contributed by atoms with Gasteiger partial charge in [-0.15, -0.1) is 0 Å². The van der Waals surface area contributed by atoms with Gasteiger partial charge in [0.15, 0.2) is 0 Å². The number of hydrogen-bond acceptors (Lipinski definition) is 5. The molecule has 1 saturated heterocycles. The molecule has 0 saturated carbocycles. The number of aryl methyl sites for hydroxylation is 1. The Labute approximate surface area is 209 Å². The van der Waals surface area contributed by atoms with E-state index >= 15 is 0 Å². The second-order valence-corrected chi connectivity index (χ2v) is 9.11. The number of aliphatic hydroxyl groups is 1. The van der Waals surface area contributed by atoms with Crippen molar-refractivity contribution in [2.24, 2.45) is 5.92 Å². The second kappa shape index (κ2) is 10.2. The number of Topliss-reactive ketones (excluding diaryl/α,β-unsaturated/α-hetero) is 1. The Morgan fingerprint density at radius 1 is 1.06 bits per heavy atom. The van der Waals surface area contributed by atoms with Crippen LogP contribution in [0.3, 0.4) is 0 Å². The standard InChI is InChI=1S/C29H28FNO5/c1-17(2)16-36-24-13-10-20(14-18(24)3)27(32)25-26(19-8-11-21(30)12-9-19)31(29(34)28(25)33)22-6-5-7-23(15-22)35-4/h5-15,17,26,32H,16H2,1-4H3/b27-25+. The molecule has 0 radical (unpaired) electrons. The first kappa shape index (κ1) is 25.0. The second-order valence-electron chi connectivity index (χ2n) is 9.11. The number of halogens is 1. The van der Waals surface area contributed by atoms with Crippen LogP contribution in [0.4, 0.5) is 10.1 Å². The Hall–Kier alpha value is -4.13. The van der Waals surface area contributed by atoms with Crippen LogP contribution < -0.4 is 14.4 Å². The largest absolute Gasteiger partial charge is 0.507 e. The maximum atomic E-state index is 13.7. The van der Waals surface area contributed by atoms with Crippen molar-refractivity contribution in [2.75, 3.05) is 18.6 Å². The summed E-state index contributed by atoms with van der Waals surface area (Å²) in [6.07, 6.45) is 0. The average Bonchev–Trinajstić information content (AvgIpc) is 3.13. The summed E-state index contributed by atoms with van der Waals surface area (Å²) in [5.74, 6) is -0.876. The van der Waals surface area contributed by atoms with E-state index in [1.165, 1.54) is 36.3 Å². The van der Waals surface area contributed by atoms with Gasteiger partial charge in [0.05, 0.1) is 25.3 Å². The molecule has 1 atom stereocenters. The fraction of sp³-hybridized carbons (Fsp3) is 0.241. The molecule has 1 fully saturated rings. The van der Waals surface area contributed by atoms with Crippen LogP contribution >= 0.6 is 0 Å². The summed E-state index contributed by atoms with van der Waals surface area (Å²) in [4.78, 5) is 27.9. The molecule has 0 spiro atoms. The Bertz CT molecular complexity index is 1330. The van der Waals surface area contributed by atoms with E-state index in [-0.39, 0.29) is 11.3 Å². The molecule has 1 unspecified atom stereocenters. The van der Waals surface area contributed by atoms with Gasteiger partial charge in [-0.05, 0) is 66.4 Å². The summed E-state index contributed by atoms with van der Waals surface area (Å²) < 4.78 is 24.8. The fourth-order valence-corrected chi connectivity index (χ4v) is 4.19. The topological polar surface area (TPSA) is 76.1 Å². The lowest BCUT2D eigenvalue weighted by atomic mass is 9.94. The number of anilines is 1. The van der Waals surface area contributed by atoms with Crippen molar-refractivity contribution in [2.45, 2.75) is 26.8 Å². The molecular formula is C29H28FNO5. The summed E-state index contributed by atoms with van der Waals surface area (Å²) >= 11 is 0. The molecule has 1 heterocycles. The van der Waals surface area contributed by atoms with Gasteiger partial charge in [-0.2, -0.15) is 0 Å². The van der Waals surface area contributed by atoms with Gasteiger partial charge in [0.1, 0.15) is 23.1 Å². The predicted octanol–water partition coefficient (Wildman–Crippen LogP) is 5.80. The first-order chi connectivity index (χ1) is 17.2. The highest BCUT2D eigenvalue weighted by molar-refractivity contribution is 6.51. The molecule has 1 N–H and O–H groups in total. The van der Waals surface area contributed by atoms with Gasteiger partial charge in [0.25, 0.3) is 11.7 Å². The van der Waals surface area contributed by atoms with Crippen LogP contribution in [0, 0.1) is 18.7 Å². The van der Waals surface area contributed by atoms with Crippen LogP contribution in [0.1, 0.15) is 36.6 Å². The van der Waals surface area contributed by atoms with Crippen molar-refractivity contribution in [1.82, 2.24) is 0 Å². The number of hydrogen-bond donors (Lipinski definition) is 1. The van der Waals surface area contributed by atoms with E-state index in [1.807, 2.05) is 20.8 Å². The summed E-state index contributed by atoms with van der Waals surface area (Å²) in [6, 6.07) is 16.4. The zero-order valence-electron chi connectivity index (χ0n) is 20.6. The number of rotatable bonds is 7. The van der Waals surface area contributed by atoms with Crippen molar-refractivity contribution in [3.05, 3.63) is 94.8 Å². The number of carbonyl (C=O) groups is 2. The number of ether oxygens (including phenoxy) is 2. The third-order valence-electron chi connectivity index (χ3n) is 5.98. The zero-order valence-corrected chi connectivity index (χ0v) is 20.6. The molecule has 3 aromatic carbocycles. The molecule has 1 amide bonds. The lowest BCUT2D eigenvalue weighted by molar-refractivity contribution is -0.132. The number of methoxy groups -OCH3 is 1. The third-order valence-corrected chi connectivity index (χ3v) is 5.98. The van der Waals surface area contributed by atoms with E-state index < -0.39 is 23.5 Å². The lowest BCUT2D eigenvalue weighted by Gasteiger charge is -2.25. The highest BCUT2D eigenvalue weighted by Gasteiger charge is 2.47. The molecule has 186 valence electrons. The quantitative estimate of drug-likeness (QED) is 0.258. The van der Waals surface area contributed by atoms with Gasteiger partial charge in [-0.3, -0.25) is 14.5 Å². The summed E-state index contributed by atoms with van der Waals surface area (Å²) in [5.41, 5.74) is 1.97. The number of benzene rings is 3. The maximum Gasteiger partial charge on any atom is 0.300 e. The van der Waals surface area contributed by atoms with Gasteiger partial charge < -0.3 is 14.6 Å². The van der Waals surface area contributed by atoms with Crippen LogP contribution in [0.25, 0.3) is 5.76 Å². The molecule has 6 nitrogen and oxygen atoms in total. The van der Waals surface area contributed by atoms with E-state index in [2.05, 4.69) is 0 Å². The molecule has 4 rings (SSSR count). The Morgan fingerprint density at radius 2 is 1.78 bits per heavy atom. The van der Waals surface area contributed by atoms with E-state index in [0.29, 0.717) is 40.8 Å². The molecule has 0 aliphatic carbocycles. The minimum atomic E-state index is -0.963. The van der Waals surface area contributed by atoms with Crippen LogP contribution in [0.5, 0.6) is 11.5 Å². The highest BCUT2D eigenvalue weighted by atomic mass is 19.1. The Balaban J connectivity index is 1.85. The minimum Gasteiger partial charge on any atom is -0.507 e. The Morgan fingerprint density at radius 3 is 2.42 bits per heavy atom. The molecule has 0 aromatic heterocycles. The number of aliphatic hydroxyl groups excluding tert-OH is 1. The molecular weight excluding hydrogens is 461 g/mol. The number of amides is 1. The normalized spacial score (nSPS) is 17.1. The predicted molar refractivity (Wildman–Crippen MR) is 136 cm³/mol. The molecule has 7 heteroatoms. The van der Waals surface area contributed by atoms with Crippen molar-refractivity contribution < 1.29 is 28.6 Å². The summed E-state index contributed by atoms with van der Waals surface area (Å²) in [7, 11) is 1.50. The van der Waals surface area contributed by atoms with Gasteiger partial charge in [0, 0.05) is 17.3 Å². The first-order valence-corrected chi connectivity index (χ1v) is 11.7. The monoisotopic (exact) mass is 489 g/mol. The SMILES string of the molecule is COc1cccc(N2C(=O)C(=O)/C(=C(/O)c3ccc(OCC(C)C)c(C)c3)C2c2ccc(F)cc2)c1. The van der Waals surface area contributed by atoms with Crippen LogP contribution in [0.2, 0.25) is 0 Å². The highest BCUT2D eigenvalue weighted by Crippen LogP contribution is 2.43. The molecule has 36 heavy (non-hydrogen) atoms. The van der Waals surface area contributed by atoms with Crippen molar-refractivity contribution in [1.29, 1.82) is 0 Å². The van der Waals surface area contributed by atoms with Gasteiger partial charge in [-0.1, -0.05) is 32.0 Å². The number of carbonyl (C=O) groups excluding carboxylic acids is 2. The van der Waals surface area contributed by atoms with Gasteiger partial charge in [-0.25, -0.2) is 4.39 Å². The molecule has 3 aromatic rings.